The van der Waals surface area contributed by atoms with Crippen LogP contribution in [-0.4, -0.2) is 34.3 Å². The number of nitrogens with zero attached hydrogens (tertiary/aromatic N) is 4. The van der Waals surface area contributed by atoms with Crippen LogP contribution in [0.3, 0.4) is 0 Å². The number of anilines is 1. The summed E-state index contributed by atoms with van der Waals surface area (Å²) in [5.74, 6) is 0.323. The second-order valence-corrected chi connectivity index (χ2v) is 7.59. The minimum Gasteiger partial charge on any atom is -0.362 e. The summed E-state index contributed by atoms with van der Waals surface area (Å²) < 4.78 is 5.06. The molecule has 1 fully saturated rings. The second kappa shape index (κ2) is 5.53. The maximum atomic E-state index is 5.70. The van der Waals surface area contributed by atoms with Crippen LogP contribution in [0.1, 0.15) is 33.3 Å². The lowest BCUT2D eigenvalue weighted by molar-refractivity contribution is -0.774. The zero-order chi connectivity index (χ0) is 16.7. The van der Waals surface area contributed by atoms with Crippen molar-refractivity contribution in [2.75, 3.05) is 23.8 Å². The highest BCUT2D eigenvalue weighted by Gasteiger charge is 2.51. The van der Waals surface area contributed by atoms with Crippen molar-refractivity contribution in [2.24, 2.45) is 0 Å². The molecule has 124 valence electrons. The SMILES string of the molecule is CC1(C)CN(Cc2ccccc2)CC(C)(C)N1[n+]1cc(N)on1. The summed E-state index contributed by atoms with van der Waals surface area (Å²) in [6, 6.07) is 10.6. The molecule has 2 N–H and O–H groups in total. The van der Waals surface area contributed by atoms with Crippen LogP contribution in [0.25, 0.3) is 0 Å². The lowest BCUT2D eigenvalue weighted by Crippen LogP contribution is -2.81. The van der Waals surface area contributed by atoms with Gasteiger partial charge in [-0.2, -0.15) is 0 Å². The molecule has 1 aromatic carbocycles. The number of hydrogen-bond acceptors (Lipinski definition) is 5. The first-order valence-corrected chi connectivity index (χ1v) is 7.99. The molecule has 1 saturated heterocycles. The van der Waals surface area contributed by atoms with Crippen molar-refractivity contribution in [3.8, 4) is 0 Å². The van der Waals surface area contributed by atoms with Crippen LogP contribution in [0, 0.1) is 0 Å². The van der Waals surface area contributed by atoms with Gasteiger partial charge < -0.3 is 5.73 Å². The number of nitrogen functional groups attached to an aromatic ring is 1. The third-order valence-corrected chi connectivity index (χ3v) is 4.29. The number of aromatic nitrogens is 2. The largest absolute Gasteiger partial charge is 0.362 e. The smallest absolute Gasteiger partial charge is 0.296 e. The summed E-state index contributed by atoms with van der Waals surface area (Å²) in [6.07, 6.45) is 1.73. The quantitative estimate of drug-likeness (QED) is 0.871. The summed E-state index contributed by atoms with van der Waals surface area (Å²) in [5, 5.41) is 6.32. The molecule has 0 unspecified atom stereocenters. The predicted octanol–water partition coefficient (Wildman–Crippen LogP) is 1.56. The minimum atomic E-state index is -0.107. The third kappa shape index (κ3) is 3.17. The molecule has 6 nitrogen and oxygen atoms in total. The Morgan fingerprint density at radius 2 is 1.74 bits per heavy atom. The molecular weight excluding hydrogens is 290 g/mol. The van der Waals surface area contributed by atoms with E-state index in [-0.39, 0.29) is 11.1 Å². The molecule has 0 saturated carbocycles. The molecule has 2 heterocycles. The average Bonchev–Trinajstić information content (AvgIpc) is 2.82. The highest BCUT2D eigenvalue weighted by Crippen LogP contribution is 2.29. The molecule has 0 bridgehead atoms. The topological polar surface area (TPSA) is 62.4 Å². The van der Waals surface area contributed by atoms with E-state index >= 15 is 0 Å². The van der Waals surface area contributed by atoms with Gasteiger partial charge in [0, 0.05) is 19.6 Å². The summed E-state index contributed by atoms with van der Waals surface area (Å²) in [5.41, 5.74) is 6.83. The van der Waals surface area contributed by atoms with Gasteiger partial charge in [0.1, 0.15) is 11.1 Å². The number of rotatable bonds is 3. The Kier molecular flexibility index (Phi) is 3.80. The Morgan fingerprint density at radius 3 is 2.26 bits per heavy atom. The molecule has 0 radical (unpaired) electrons. The summed E-state index contributed by atoms with van der Waals surface area (Å²) in [6.45, 7) is 11.7. The maximum absolute atomic E-state index is 5.70. The van der Waals surface area contributed by atoms with Crippen molar-refractivity contribution in [1.82, 2.24) is 10.2 Å². The van der Waals surface area contributed by atoms with Crippen molar-refractivity contribution >= 4 is 5.88 Å². The fourth-order valence-corrected chi connectivity index (χ4v) is 3.96. The highest BCUT2D eigenvalue weighted by atomic mass is 16.5. The van der Waals surface area contributed by atoms with E-state index in [1.54, 1.807) is 11.0 Å². The van der Waals surface area contributed by atoms with Crippen molar-refractivity contribution in [1.29, 1.82) is 0 Å². The van der Waals surface area contributed by atoms with Gasteiger partial charge in [-0.15, -0.1) is 5.01 Å². The average molecular weight is 316 g/mol. The molecule has 2 aromatic rings. The number of hydrogen-bond donors (Lipinski definition) is 1. The van der Waals surface area contributed by atoms with Crippen molar-refractivity contribution < 1.29 is 9.31 Å². The molecule has 0 aliphatic carbocycles. The third-order valence-electron chi connectivity index (χ3n) is 4.29. The van der Waals surface area contributed by atoms with Gasteiger partial charge >= 0.3 is 0 Å². The Morgan fingerprint density at radius 1 is 1.13 bits per heavy atom. The van der Waals surface area contributed by atoms with E-state index in [1.807, 2.05) is 0 Å². The van der Waals surface area contributed by atoms with Gasteiger partial charge in [0.25, 0.3) is 12.1 Å². The monoisotopic (exact) mass is 316 g/mol. The second-order valence-electron chi connectivity index (χ2n) is 7.59. The fraction of sp³-hybridized carbons (Fsp3) is 0.529. The van der Waals surface area contributed by atoms with Gasteiger partial charge in [-0.05, 0) is 33.3 Å². The van der Waals surface area contributed by atoms with Crippen LogP contribution in [0.5, 0.6) is 0 Å². The standard InChI is InChI=1S/C17H26N5O/c1-16(2)12-20(10-14-8-6-5-7-9-14)13-17(3,4)22(16)21-11-15(18)23-19-21/h5-9,11H,10,12-13,18H2,1-4H3/q+1. The molecule has 0 spiro atoms. The molecular formula is C17H26N5O+. The van der Waals surface area contributed by atoms with E-state index in [9.17, 15) is 0 Å². The van der Waals surface area contributed by atoms with E-state index in [2.05, 4.69) is 73.2 Å². The Balaban J connectivity index is 1.84. The summed E-state index contributed by atoms with van der Waals surface area (Å²) in [4.78, 5) is 4.24. The maximum Gasteiger partial charge on any atom is 0.296 e. The molecule has 23 heavy (non-hydrogen) atoms. The Bertz CT molecular complexity index is 647. The van der Waals surface area contributed by atoms with Crippen LogP contribution in [0.2, 0.25) is 0 Å². The van der Waals surface area contributed by atoms with Gasteiger partial charge in [-0.25, -0.2) is 0 Å². The zero-order valence-electron chi connectivity index (χ0n) is 14.4. The van der Waals surface area contributed by atoms with Crippen LogP contribution in [0.4, 0.5) is 5.88 Å². The molecule has 1 aliphatic heterocycles. The van der Waals surface area contributed by atoms with Crippen LogP contribution in [0.15, 0.2) is 41.1 Å². The van der Waals surface area contributed by atoms with Crippen molar-refractivity contribution in [3.63, 3.8) is 0 Å². The lowest BCUT2D eigenvalue weighted by Gasteiger charge is -2.50. The van der Waals surface area contributed by atoms with E-state index in [4.69, 9.17) is 10.3 Å². The van der Waals surface area contributed by atoms with Crippen LogP contribution in [-0.2, 0) is 6.54 Å². The molecule has 1 aromatic heterocycles. The van der Waals surface area contributed by atoms with Gasteiger partial charge in [0.05, 0.1) is 4.79 Å². The first-order chi connectivity index (χ1) is 10.8. The van der Waals surface area contributed by atoms with Crippen LogP contribution >= 0.6 is 0 Å². The number of nitrogens with two attached hydrogens (primary N) is 1. The predicted molar refractivity (Wildman–Crippen MR) is 89.2 cm³/mol. The highest BCUT2D eigenvalue weighted by molar-refractivity contribution is 5.18. The normalized spacial score (nSPS) is 20.6. The van der Waals surface area contributed by atoms with Gasteiger partial charge in [0.2, 0.25) is 5.27 Å². The van der Waals surface area contributed by atoms with Gasteiger partial charge in [-0.3, -0.25) is 9.42 Å². The molecule has 3 rings (SSSR count). The summed E-state index contributed by atoms with van der Waals surface area (Å²) >= 11 is 0. The lowest BCUT2D eigenvalue weighted by atomic mass is 9.89. The fourth-order valence-electron chi connectivity index (χ4n) is 3.96. The van der Waals surface area contributed by atoms with E-state index in [0.717, 1.165) is 19.6 Å². The van der Waals surface area contributed by atoms with Crippen LogP contribution < -0.4 is 15.5 Å². The number of benzene rings is 1. The molecule has 0 atom stereocenters. The van der Waals surface area contributed by atoms with E-state index in [1.165, 1.54) is 5.56 Å². The number of piperazine rings is 1. The first-order valence-electron chi connectivity index (χ1n) is 7.99. The van der Waals surface area contributed by atoms with E-state index in [0.29, 0.717) is 5.88 Å². The van der Waals surface area contributed by atoms with Gasteiger partial charge in [-0.1, -0.05) is 30.3 Å². The Hall–Kier alpha value is -2.08. The summed E-state index contributed by atoms with van der Waals surface area (Å²) in [7, 11) is 0. The molecule has 6 heteroatoms. The molecule has 0 amide bonds. The van der Waals surface area contributed by atoms with Gasteiger partial charge in [0.15, 0.2) is 0 Å². The van der Waals surface area contributed by atoms with E-state index < -0.39 is 0 Å². The first kappa shape index (κ1) is 15.8. The van der Waals surface area contributed by atoms with Crippen molar-refractivity contribution in [3.05, 3.63) is 42.1 Å². The minimum absolute atomic E-state index is 0.107. The molecule has 1 aliphatic rings. The Labute approximate surface area is 137 Å². The van der Waals surface area contributed by atoms with Crippen molar-refractivity contribution in [2.45, 2.75) is 45.3 Å². The zero-order valence-corrected chi connectivity index (χ0v) is 14.4.